The van der Waals surface area contributed by atoms with Crippen molar-refractivity contribution in [2.45, 2.75) is 0 Å². The highest BCUT2D eigenvalue weighted by Crippen LogP contribution is 2.31. The molecule has 5 nitrogen and oxygen atoms in total. The summed E-state index contributed by atoms with van der Waals surface area (Å²) in [4.78, 5) is 9.18. The van der Waals surface area contributed by atoms with Gasteiger partial charge in [-0.15, -0.1) is 0 Å². The van der Waals surface area contributed by atoms with Gasteiger partial charge in [0, 0.05) is 19.4 Å². The molecule has 0 amide bonds. The van der Waals surface area contributed by atoms with Crippen molar-refractivity contribution in [2.24, 2.45) is 5.16 Å². The number of anilines is 1. The first-order valence-electron chi connectivity index (χ1n) is 4.61. The molecule has 0 spiro atoms. The van der Waals surface area contributed by atoms with Gasteiger partial charge in [-0.2, -0.15) is 0 Å². The summed E-state index contributed by atoms with van der Waals surface area (Å²) in [7, 11) is 1.80. The number of nitrogens with zero attached hydrogens (tertiary/aromatic N) is 3. The Morgan fingerprint density at radius 3 is 2.81 bits per heavy atom. The van der Waals surface area contributed by atoms with E-state index in [9.17, 15) is 0 Å². The molecule has 0 aromatic carbocycles. The van der Waals surface area contributed by atoms with Gasteiger partial charge in [-0.1, -0.05) is 16.5 Å². The maximum atomic E-state index is 8.57. The summed E-state index contributed by atoms with van der Waals surface area (Å²) in [6.45, 7) is 0. The van der Waals surface area contributed by atoms with E-state index in [1.165, 1.54) is 17.6 Å². The van der Waals surface area contributed by atoms with Crippen LogP contribution in [0.1, 0.15) is 5.69 Å². The molecule has 0 aliphatic heterocycles. The second-order valence-corrected chi connectivity index (χ2v) is 3.96. The molecule has 2 N–H and O–H groups in total. The summed E-state index contributed by atoms with van der Waals surface area (Å²) in [5.41, 5.74) is 1.65. The van der Waals surface area contributed by atoms with Crippen LogP contribution in [0.2, 0.25) is 0 Å². The average molecular weight is 234 g/mol. The smallest absolute Gasteiger partial charge is 0.183 e. The topological polar surface area (TPSA) is 70.4 Å². The molecule has 0 unspecified atom stereocenters. The van der Waals surface area contributed by atoms with Gasteiger partial charge in [-0.25, -0.2) is 4.98 Å². The van der Waals surface area contributed by atoms with Crippen LogP contribution in [0.4, 0.5) is 5.13 Å². The molecule has 0 bridgehead atoms. The summed E-state index contributed by atoms with van der Waals surface area (Å²) in [6, 6.07) is 3.78. The van der Waals surface area contributed by atoms with Gasteiger partial charge in [-0.05, 0) is 17.7 Å². The molecule has 0 aliphatic rings. The minimum Gasteiger partial charge on any atom is -0.411 e. The molecular weight excluding hydrogens is 224 g/mol. The molecule has 0 fully saturated rings. The van der Waals surface area contributed by atoms with E-state index in [1.807, 2.05) is 12.1 Å². The lowest BCUT2D eigenvalue weighted by molar-refractivity contribution is 0.321. The largest absolute Gasteiger partial charge is 0.411 e. The van der Waals surface area contributed by atoms with Crippen LogP contribution in [0.5, 0.6) is 0 Å². The summed E-state index contributed by atoms with van der Waals surface area (Å²) >= 11 is 1.50. The molecule has 2 rings (SSSR count). The highest BCUT2D eigenvalue weighted by atomic mass is 32.1. The number of thiazole rings is 1. The van der Waals surface area contributed by atoms with Gasteiger partial charge >= 0.3 is 0 Å². The quantitative estimate of drug-likeness (QED) is 0.484. The zero-order chi connectivity index (χ0) is 11.4. The highest BCUT2D eigenvalue weighted by molar-refractivity contribution is 7.19. The van der Waals surface area contributed by atoms with E-state index in [1.54, 1.807) is 19.4 Å². The fourth-order valence-corrected chi connectivity index (χ4v) is 2.19. The van der Waals surface area contributed by atoms with Crippen molar-refractivity contribution in [3.63, 3.8) is 0 Å². The van der Waals surface area contributed by atoms with Crippen molar-refractivity contribution in [1.82, 2.24) is 9.97 Å². The number of oxime groups is 1. The second kappa shape index (κ2) is 4.71. The minimum atomic E-state index is 0.642. The summed E-state index contributed by atoms with van der Waals surface area (Å²) in [5.74, 6) is 0. The van der Waals surface area contributed by atoms with Crippen LogP contribution >= 0.6 is 11.3 Å². The third-order valence-corrected chi connectivity index (χ3v) is 3.13. The Kier molecular flexibility index (Phi) is 3.11. The van der Waals surface area contributed by atoms with Gasteiger partial charge in [0.2, 0.25) is 0 Å². The van der Waals surface area contributed by atoms with E-state index in [0.717, 1.165) is 15.6 Å². The van der Waals surface area contributed by atoms with E-state index < -0.39 is 0 Å². The normalized spacial score (nSPS) is 10.8. The zero-order valence-corrected chi connectivity index (χ0v) is 9.40. The molecule has 16 heavy (non-hydrogen) atoms. The lowest BCUT2D eigenvalue weighted by Gasteiger charge is -1.95. The van der Waals surface area contributed by atoms with Crippen LogP contribution < -0.4 is 5.32 Å². The Bertz CT molecular complexity index is 495. The molecule has 0 saturated heterocycles. The first kappa shape index (κ1) is 10.6. The molecule has 2 aromatic heterocycles. The molecule has 0 radical (unpaired) electrons. The van der Waals surface area contributed by atoms with Crippen LogP contribution in [-0.2, 0) is 0 Å². The Morgan fingerprint density at radius 1 is 1.44 bits per heavy atom. The fraction of sp³-hybridized carbons (Fsp3) is 0.100. The van der Waals surface area contributed by atoms with E-state index >= 15 is 0 Å². The molecule has 0 saturated carbocycles. The second-order valence-electron chi connectivity index (χ2n) is 2.96. The Hall–Kier alpha value is -1.95. The third kappa shape index (κ3) is 2.01. The third-order valence-electron chi connectivity index (χ3n) is 1.99. The summed E-state index contributed by atoms with van der Waals surface area (Å²) < 4.78 is 0. The fourth-order valence-electron chi connectivity index (χ4n) is 1.29. The number of nitrogens with one attached hydrogen (secondary N) is 1. The lowest BCUT2D eigenvalue weighted by Crippen LogP contribution is -1.88. The van der Waals surface area contributed by atoms with Crippen LogP contribution in [0.25, 0.3) is 10.4 Å². The standard InChI is InChI=1S/C10H10N4OS/c1-11-10-14-8(6-13-15)9(16-10)7-2-4-12-5-3-7/h2-6,15H,1H3,(H,11,14). The number of aromatic nitrogens is 2. The van der Waals surface area contributed by atoms with Gasteiger partial charge < -0.3 is 10.5 Å². The predicted octanol–water partition coefficient (Wildman–Crippen LogP) is 2.05. The molecule has 0 aliphatic carbocycles. The predicted molar refractivity (Wildman–Crippen MR) is 64.3 cm³/mol. The minimum absolute atomic E-state index is 0.642. The van der Waals surface area contributed by atoms with Crippen LogP contribution in [0, 0.1) is 0 Å². The number of hydrogen-bond acceptors (Lipinski definition) is 6. The first-order chi connectivity index (χ1) is 7.85. The van der Waals surface area contributed by atoms with Crippen molar-refractivity contribution in [1.29, 1.82) is 0 Å². The Morgan fingerprint density at radius 2 is 2.19 bits per heavy atom. The van der Waals surface area contributed by atoms with Crippen molar-refractivity contribution in [3.8, 4) is 10.4 Å². The van der Waals surface area contributed by atoms with Crippen LogP contribution in [0.15, 0.2) is 29.7 Å². The molecular formula is C10H10N4OS. The van der Waals surface area contributed by atoms with Crippen molar-refractivity contribution in [2.75, 3.05) is 12.4 Å². The lowest BCUT2D eigenvalue weighted by atomic mass is 10.2. The maximum absolute atomic E-state index is 8.57. The van der Waals surface area contributed by atoms with Crippen LogP contribution in [-0.4, -0.2) is 28.4 Å². The SMILES string of the molecule is CNc1nc(C=NO)c(-c2ccncc2)s1. The van der Waals surface area contributed by atoms with Crippen molar-refractivity contribution in [3.05, 3.63) is 30.2 Å². The number of rotatable bonds is 3. The number of pyridine rings is 1. The van der Waals surface area contributed by atoms with Gasteiger partial charge in [-0.3, -0.25) is 4.98 Å². The summed E-state index contributed by atoms with van der Waals surface area (Å²) in [5, 5.41) is 15.3. The monoisotopic (exact) mass is 234 g/mol. The molecule has 6 heteroatoms. The van der Waals surface area contributed by atoms with Crippen molar-refractivity contribution < 1.29 is 5.21 Å². The molecule has 0 atom stereocenters. The van der Waals surface area contributed by atoms with Gasteiger partial charge in [0.1, 0.15) is 5.69 Å². The van der Waals surface area contributed by atoms with Crippen LogP contribution in [0.3, 0.4) is 0 Å². The highest BCUT2D eigenvalue weighted by Gasteiger charge is 2.10. The first-order valence-corrected chi connectivity index (χ1v) is 5.43. The van der Waals surface area contributed by atoms with E-state index in [-0.39, 0.29) is 0 Å². The van der Waals surface area contributed by atoms with Gasteiger partial charge in [0.05, 0.1) is 11.1 Å². The molecule has 2 heterocycles. The Labute approximate surface area is 96.5 Å². The Balaban J connectivity index is 2.50. The van der Waals surface area contributed by atoms with E-state index in [4.69, 9.17) is 5.21 Å². The zero-order valence-electron chi connectivity index (χ0n) is 8.58. The molecule has 82 valence electrons. The molecule has 2 aromatic rings. The van der Waals surface area contributed by atoms with Gasteiger partial charge in [0.25, 0.3) is 0 Å². The number of hydrogen-bond donors (Lipinski definition) is 2. The average Bonchev–Trinajstić information content (AvgIpc) is 2.74. The van der Waals surface area contributed by atoms with E-state index in [0.29, 0.717) is 5.69 Å². The maximum Gasteiger partial charge on any atom is 0.183 e. The van der Waals surface area contributed by atoms with Crippen molar-refractivity contribution >= 4 is 22.7 Å². The van der Waals surface area contributed by atoms with E-state index in [2.05, 4.69) is 20.4 Å². The van der Waals surface area contributed by atoms with Gasteiger partial charge in [0.15, 0.2) is 5.13 Å². The summed E-state index contributed by atoms with van der Waals surface area (Å²) in [6.07, 6.45) is 4.76.